The standard InChI is InChI=1S/C9H11N2O2.3CH3.Sn/c1-13-8-2-3-10-9(4-8)11-5-7(12)6-11;;;;/h2,4,7,12H,5-6H2,1H3;3*1H3;. The fraction of sp³-hybridized carbons (Fsp3) is 0.583. The summed E-state index contributed by atoms with van der Waals surface area (Å²) in [6.07, 6.45) is -0.204. The molecule has 1 saturated heterocycles. The van der Waals surface area contributed by atoms with Crippen molar-refractivity contribution in [2.45, 2.75) is 20.9 Å². The van der Waals surface area contributed by atoms with Crippen molar-refractivity contribution in [3.8, 4) is 5.75 Å². The van der Waals surface area contributed by atoms with E-state index in [2.05, 4.69) is 25.8 Å². The molecule has 0 unspecified atom stereocenters. The number of rotatable bonds is 3. The average molecular weight is 343 g/mol. The first-order valence-electron chi connectivity index (χ1n) is 5.90. The van der Waals surface area contributed by atoms with Crippen LogP contribution in [0.5, 0.6) is 5.75 Å². The number of aliphatic hydroxyl groups excluding tert-OH is 1. The van der Waals surface area contributed by atoms with Crippen LogP contribution in [-0.4, -0.2) is 54.8 Å². The molecule has 0 spiro atoms. The van der Waals surface area contributed by atoms with E-state index >= 15 is 0 Å². The van der Waals surface area contributed by atoms with Gasteiger partial charge >= 0.3 is 107 Å². The first-order valence-corrected chi connectivity index (χ1v) is 15.9. The molecule has 1 aromatic rings. The van der Waals surface area contributed by atoms with E-state index in [0.29, 0.717) is 13.1 Å². The Kier molecular flexibility index (Phi) is 3.54. The fourth-order valence-electron chi connectivity index (χ4n) is 1.80. The topological polar surface area (TPSA) is 45.6 Å². The van der Waals surface area contributed by atoms with Crippen LogP contribution >= 0.6 is 0 Å². The van der Waals surface area contributed by atoms with Gasteiger partial charge in [0.05, 0.1) is 0 Å². The Hall–Kier alpha value is -0.491. The van der Waals surface area contributed by atoms with Crippen molar-refractivity contribution in [1.29, 1.82) is 0 Å². The van der Waals surface area contributed by atoms with Crippen molar-refractivity contribution in [3.05, 3.63) is 12.1 Å². The van der Waals surface area contributed by atoms with E-state index in [9.17, 15) is 5.11 Å². The third kappa shape index (κ3) is 2.85. The van der Waals surface area contributed by atoms with Crippen LogP contribution in [0.25, 0.3) is 0 Å². The normalized spacial score (nSPS) is 16.9. The Morgan fingerprint density at radius 1 is 1.35 bits per heavy atom. The van der Waals surface area contributed by atoms with Gasteiger partial charge in [-0.3, -0.25) is 0 Å². The summed E-state index contributed by atoms with van der Waals surface area (Å²) in [6.45, 7) is 1.36. The van der Waals surface area contributed by atoms with E-state index in [1.807, 2.05) is 6.07 Å². The van der Waals surface area contributed by atoms with Crippen LogP contribution in [0.2, 0.25) is 14.8 Å². The second kappa shape index (κ2) is 4.65. The summed E-state index contributed by atoms with van der Waals surface area (Å²) in [4.78, 5) is 13.8. The number of pyridine rings is 1. The van der Waals surface area contributed by atoms with Gasteiger partial charge in [-0.15, -0.1) is 0 Å². The summed E-state index contributed by atoms with van der Waals surface area (Å²) < 4.78 is 6.56. The fourth-order valence-corrected chi connectivity index (χ4v) is 4.72. The predicted molar refractivity (Wildman–Crippen MR) is 72.0 cm³/mol. The van der Waals surface area contributed by atoms with Gasteiger partial charge in [0.1, 0.15) is 0 Å². The van der Waals surface area contributed by atoms with Gasteiger partial charge in [-0.05, 0) is 0 Å². The maximum absolute atomic E-state index is 9.35. The summed E-state index contributed by atoms with van der Waals surface area (Å²) in [5.41, 5.74) is 0. The second-order valence-electron chi connectivity index (χ2n) is 5.56. The number of anilines is 1. The summed E-state index contributed by atoms with van der Waals surface area (Å²) in [5, 5.41) is 9.35. The molecule has 2 rings (SSSR count). The third-order valence-electron chi connectivity index (χ3n) is 2.98. The molecule has 0 amide bonds. The van der Waals surface area contributed by atoms with Crippen LogP contribution in [0.15, 0.2) is 12.1 Å². The molecule has 1 aliphatic rings. The Labute approximate surface area is 106 Å². The molecular formula is C12H20N2O2Sn. The summed E-state index contributed by atoms with van der Waals surface area (Å²) in [7, 11) is 1.69. The molecule has 1 aliphatic heterocycles. The first kappa shape index (κ1) is 13.0. The monoisotopic (exact) mass is 344 g/mol. The molecule has 2 heterocycles. The van der Waals surface area contributed by atoms with Gasteiger partial charge in [0.25, 0.3) is 0 Å². The minimum atomic E-state index is -2.18. The number of aromatic nitrogens is 1. The zero-order valence-electron chi connectivity index (χ0n) is 10.9. The molecule has 0 bridgehead atoms. The zero-order chi connectivity index (χ0) is 12.6. The number of methoxy groups -OCH3 is 1. The van der Waals surface area contributed by atoms with E-state index in [1.54, 1.807) is 7.11 Å². The van der Waals surface area contributed by atoms with Crippen LogP contribution in [0.4, 0.5) is 5.82 Å². The van der Waals surface area contributed by atoms with Crippen molar-refractivity contribution >= 4 is 27.9 Å². The molecular weight excluding hydrogens is 323 g/mol. The first-order chi connectivity index (χ1) is 7.90. The van der Waals surface area contributed by atoms with E-state index in [0.717, 1.165) is 11.6 Å². The van der Waals surface area contributed by atoms with E-state index in [4.69, 9.17) is 9.72 Å². The van der Waals surface area contributed by atoms with Crippen LogP contribution < -0.4 is 13.3 Å². The van der Waals surface area contributed by atoms with Crippen LogP contribution in [0.1, 0.15) is 0 Å². The van der Waals surface area contributed by atoms with Gasteiger partial charge in [-0.25, -0.2) is 0 Å². The minimum absolute atomic E-state index is 0.204. The Balaban J connectivity index is 2.32. The van der Waals surface area contributed by atoms with Gasteiger partial charge in [0.2, 0.25) is 0 Å². The molecule has 0 aromatic carbocycles. The molecule has 1 N–H and O–H groups in total. The molecule has 0 saturated carbocycles. The van der Waals surface area contributed by atoms with Crippen molar-refractivity contribution in [2.24, 2.45) is 0 Å². The van der Waals surface area contributed by atoms with Crippen molar-refractivity contribution < 1.29 is 9.84 Å². The van der Waals surface area contributed by atoms with Crippen LogP contribution in [0, 0.1) is 0 Å². The van der Waals surface area contributed by atoms with Crippen LogP contribution in [-0.2, 0) is 0 Å². The van der Waals surface area contributed by atoms with Crippen molar-refractivity contribution in [3.63, 3.8) is 0 Å². The Morgan fingerprint density at radius 3 is 2.47 bits per heavy atom. The summed E-state index contributed by atoms with van der Waals surface area (Å²) >= 11 is -2.18. The molecule has 17 heavy (non-hydrogen) atoms. The molecule has 5 heteroatoms. The average Bonchev–Trinajstić information content (AvgIpc) is 2.23. The molecule has 94 valence electrons. The predicted octanol–water partition coefficient (Wildman–Crippen LogP) is 0.816. The summed E-state index contributed by atoms with van der Waals surface area (Å²) in [5.74, 6) is 1.81. The number of aliphatic hydroxyl groups is 1. The quantitative estimate of drug-likeness (QED) is 0.826. The molecule has 0 radical (unpaired) electrons. The van der Waals surface area contributed by atoms with E-state index in [1.165, 1.54) is 3.71 Å². The van der Waals surface area contributed by atoms with Crippen molar-refractivity contribution in [1.82, 2.24) is 4.98 Å². The number of nitrogens with zero attached hydrogens (tertiary/aromatic N) is 2. The molecule has 0 atom stereocenters. The van der Waals surface area contributed by atoms with Crippen molar-refractivity contribution in [2.75, 3.05) is 25.1 Å². The molecule has 4 nitrogen and oxygen atoms in total. The molecule has 1 aromatic heterocycles. The second-order valence-corrected chi connectivity index (χ2v) is 19.9. The Morgan fingerprint density at radius 2 is 2.00 bits per heavy atom. The van der Waals surface area contributed by atoms with Gasteiger partial charge in [0, 0.05) is 0 Å². The Bertz CT molecular complexity index is 411. The number of β-amino-alcohol motifs (C(OH)–C–C–N with tert-alkyl or cyclic N) is 1. The van der Waals surface area contributed by atoms with Gasteiger partial charge in [-0.1, -0.05) is 0 Å². The van der Waals surface area contributed by atoms with Gasteiger partial charge < -0.3 is 0 Å². The molecule has 1 fully saturated rings. The van der Waals surface area contributed by atoms with Gasteiger partial charge in [0.15, 0.2) is 0 Å². The van der Waals surface area contributed by atoms with E-state index in [-0.39, 0.29) is 6.10 Å². The number of hydrogen-bond donors (Lipinski definition) is 1. The van der Waals surface area contributed by atoms with Crippen LogP contribution in [0.3, 0.4) is 0 Å². The van der Waals surface area contributed by atoms with E-state index < -0.39 is 18.4 Å². The summed E-state index contributed by atoms with van der Waals surface area (Å²) in [6, 6.07) is 4.02. The SMILES string of the molecule is COc1cc(N2CC(O)C2)n[c]([Sn]([CH3])([CH3])[CH3])c1. The molecule has 0 aliphatic carbocycles. The number of hydrogen-bond acceptors (Lipinski definition) is 4. The number of ether oxygens (including phenoxy) is 1. The van der Waals surface area contributed by atoms with Gasteiger partial charge in [-0.2, -0.15) is 0 Å². The third-order valence-corrected chi connectivity index (χ3v) is 8.09. The maximum atomic E-state index is 9.35. The zero-order valence-corrected chi connectivity index (χ0v) is 13.8.